The summed E-state index contributed by atoms with van der Waals surface area (Å²) in [5, 5.41) is 3.36. The van der Waals surface area contributed by atoms with E-state index in [1.165, 1.54) is 5.56 Å². The Balaban J connectivity index is 2.96. The Morgan fingerprint density at radius 3 is 2.67 bits per heavy atom. The molecule has 5 nitrogen and oxygen atoms in total. The number of aryl methyl sites for hydroxylation is 1. The number of methoxy groups -OCH3 is 2. The molecule has 1 unspecified atom stereocenters. The van der Waals surface area contributed by atoms with Crippen LogP contribution >= 0.6 is 0 Å². The van der Waals surface area contributed by atoms with Gasteiger partial charge in [-0.3, -0.25) is 0 Å². The molecule has 1 aromatic rings. The Hall–Kier alpha value is -1.17. The predicted molar refractivity (Wildman–Crippen MR) is 86.9 cm³/mol. The first kappa shape index (κ1) is 17.9. The molecule has 0 aliphatic rings. The Labute approximate surface area is 128 Å². The van der Waals surface area contributed by atoms with Crippen molar-refractivity contribution >= 4 is 5.82 Å². The molecule has 0 spiro atoms. The molecule has 1 rings (SSSR count). The lowest BCUT2D eigenvalue weighted by Gasteiger charge is -2.30. The van der Waals surface area contributed by atoms with Gasteiger partial charge in [-0.05, 0) is 38.1 Å². The highest BCUT2D eigenvalue weighted by atomic mass is 16.5. The minimum atomic E-state index is 0.256. The number of hydrogen-bond acceptors (Lipinski definition) is 5. The molecule has 120 valence electrons. The first-order valence-corrected chi connectivity index (χ1v) is 7.55. The Morgan fingerprint density at radius 2 is 2.05 bits per heavy atom. The number of nitrogens with zero attached hydrogens (tertiary/aromatic N) is 2. The van der Waals surface area contributed by atoms with E-state index in [2.05, 4.69) is 41.2 Å². The van der Waals surface area contributed by atoms with Crippen molar-refractivity contribution in [1.82, 2.24) is 10.3 Å². The van der Waals surface area contributed by atoms with Gasteiger partial charge in [-0.15, -0.1) is 0 Å². The SMILES string of the molecule is CCNCc1cc(C)nc(N(CCOC)C(C)COC)c1. The zero-order chi connectivity index (χ0) is 15.7. The van der Waals surface area contributed by atoms with Crippen molar-refractivity contribution in [3.05, 3.63) is 23.4 Å². The lowest BCUT2D eigenvalue weighted by atomic mass is 10.2. The van der Waals surface area contributed by atoms with Gasteiger partial charge in [0.1, 0.15) is 5.82 Å². The van der Waals surface area contributed by atoms with Gasteiger partial charge in [0.05, 0.1) is 19.3 Å². The molecule has 0 amide bonds. The Morgan fingerprint density at radius 1 is 1.29 bits per heavy atom. The van der Waals surface area contributed by atoms with E-state index in [9.17, 15) is 0 Å². The Kier molecular flexibility index (Phi) is 8.27. The molecule has 21 heavy (non-hydrogen) atoms. The minimum Gasteiger partial charge on any atom is -0.383 e. The summed E-state index contributed by atoms with van der Waals surface area (Å²) in [6.45, 7) is 10.3. The van der Waals surface area contributed by atoms with Gasteiger partial charge in [0, 0.05) is 33.0 Å². The van der Waals surface area contributed by atoms with Gasteiger partial charge in [0.2, 0.25) is 0 Å². The maximum Gasteiger partial charge on any atom is 0.129 e. The third-order valence-corrected chi connectivity index (χ3v) is 3.35. The fraction of sp³-hybridized carbons (Fsp3) is 0.688. The van der Waals surface area contributed by atoms with Crippen LogP contribution in [0.25, 0.3) is 0 Å². The molecular weight excluding hydrogens is 266 g/mol. The fourth-order valence-corrected chi connectivity index (χ4v) is 2.32. The van der Waals surface area contributed by atoms with Crippen LogP contribution in [0.5, 0.6) is 0 Å². The highest BCUT2D eigenvalue weighted by molar-refractivity contribution is 5.43. The van der Waals surface area contributed by atoms with Crippen molar-refractivity contribution in [3.63, 3.8) is 0 Å². The van der Waals surface area contributed by atoms with Crippen molar-refractivity contribution in [2.24, 2.45) is 0 Å². The first-order valence-electron chi connectivity index (χ1n) is 7.55. The maximum atomic E-state index is 5.29. The van der Waals surface area contributed by atoms with Crippen molar-refractivity contribution in [2.75, 3.05) is 45.4 Å². The summed E-state index contributed by atoms with van der Waals surface area (Å²) >= 11 is 0. The summed E-state index contributed by atoms with van der Waals surface area (Å²) in [7, 11) is 3.45. The third kappa shape index (κ3) is 5.99. The summed E-state index contributed by atoms with van der Waals surface area (Å²) < 4.78 is 10.5. The summed E-state index contributed by atoms with van der Waals surface area (Å²) in [5.74, 6) is 0.990. The number of rotatable bonds is 10. The minimum absolute atomic E-state index is 0.256. The van der Waals surface area contributed by atoms with Crippen LogP contribution in [0.4, 0.5) is 5.82 Å². The second-order valence-electron chi connectivity index (χ2n) is 5.25. The van der Waals surface area contributed by atoms with Gasteiger partial charge in [-0.2, -0.15) is 0 Å². The smallest absolute Gasteiger partial charge is 0.129 e. The molecule has 0 aromatic carbocycles. The maximum absolute atomic E-state index is 5.29. The summed E-state index contributed by atoms with van der Waals surface area (Å²) in [6.07, 6.45) is 0. The molecule has 5 heteroatoms. The third-order valence-electron chi connectivity index (χ3n) is 3.35. The first-order chi connectivity index (χ1) is 10.1. The van der Waals surface area contributed by atoms with Gasteiger partial charge in [0.15, 0.2) is 0 Å². The molecule has 0 saturated carbocycles. The van der Waals surface area contributed by atoms with E-state index >= 15 is 0 Å². The standard InChI is InChI=1S/C16H29N3O2/c1-6-17-11-15-9-13(2)18-16(10-15)19(7-8-20-4)14(3)12-21-5/h9-10,14,17H,6-8,11-12H2,1-5H3. The summed E-state index contributed by atoms with van der Waals surface area (Å²) in [6, 6.07) is 4.53. The molecule has 0 saturated heterocycles. The van der Waals surface area contributed by atoms with Gasteiger partial charge in [-0.25, -0.2) is 4.98 Å². The Bertz CT molecular complexity index is 413. The van der Waals surface area contributed by atoms with Gasteiger partial charge in [-0.1, -0.05) is 6.92 Å². The van der Waals surface area contributed by atoms with Gasteiger partial charge < -0.3 is 19.7 Å². The van der Waals surface area contributed by atoms with Crippen LogP contribution in [0.3, 0.4) is 0 Å². The second-order valence-corrected chi connectivity index (χ2v) is 5.25. The summed E-state index contributed by atoms with van der Waals surface area (Å²) in [4.78, 5) is 6.93. The largest absolute Gasteiger partial charge is 0.383 e. The molecule has 1 aromatic heterocycles. The molecular formula is C16H29N3O2. The van der Waals surface area contributed by atoms with E-state index in [1.54, 1.807) is 14.2 Å². The van der Waals surface area contributed by atoms with E-state index in [-0.39, 0.29) is 6.04 Å². The lowest BCUT2D eigenvalue weighted by Crippen LogP contribution is -2.39. The van der Waals surface area contributed by atoms with Gasteiger partial charge >= 0.3 is 0 Å². The quantitative estimate of drug-likeness (QED) is 0.715. The monoisotopic (exact) mass is 295 g/mol. The molecule has 0 fully saturated rings. The second kappa shape index (κ2) is 9.71. The predicted octanol–water partition coefficient (Wildman–Crippen LogP) is 1.99. The van der Waals surface area contributed by atoms with E-state index < -0.39 is 0 Å². The van der Waals surface area contributed by atoms with Crippen LogP contribution in [0.1, 0.15) is 25.1 Å². The molecule has 0 aliphatic heterocycles. The van der Waals surface area contributed by atoms with Crippen molar-refractivity contribution in [2.45, 2.75) is 33.4 Å². The number of hydrogen-bond donors (Lipinski definition) is 1. The molecule has 1 heterocycles. The highest BCUT2D eigenvalue weighted by Gasteiger charge is 2.16. The highest BCUT2D eigenvalue weighted by Crippen LogP contribution is 2.18. The van der Waals surface area contributed by atoms with E-state index in [0.29, 0.717) is 13.2 Å². The zero-order valence-corrected chi connectivity index (χ0v) is 14.0. The van der Waals surface area contributed by atoms with Crippen LogP contribution in [-0.4, -0.2) is 51.5 Å². The average molecular weight is 295 g/mol. The number of aromatic nitrogens is 1. The van der Waals surface area contributed by atoms with Crippen LogP contribution in [0.2, 0.25) is 0 Å². The number of anilines is 1. The zero-order valence-electron chi connectivity index (χ0n) is 14.0. The number of pyridine rings is 1. The van der Waals surface area contributed by atoms with E-state index in [0.717, 1.165) is 31.1 Å². The molecule has 0 aliphatic carbocycles. The average Bonchev–Trinajstić information content (AvgIpc) is 2.45. The van der Waals surface area contributed by atoms with Crippen LogP contribution in [0.15, 0.2) is 12.1 Å². The van der Waals surface area contributed by atoms with Crippen LogP contribution in [0, 0.1) is 6.92 Å². The topological polar surface area (TPSA) is 46.6 Å². The van der Waals surface area contributed by atoms with E-state index in [1.807, 2.05) is 6.92 Å². The van der Waals surface area contributed by atoms with Crippen molar-refractivity contribution < 1.29 is 9.47 Å². The molecule has 0 radical (unpaired) electrons. The normalized spacial score (nSPS) is 12.4. The lowest BCUT2D eigenvalue weighted by molar-refractivity contribution is 0.170. The van der Waals surface area contributed by atoms with Crippen LogP contribution < -0.4 is 10.2 Å². The fourth-order valence-electron chi connectivity index (χ4n) is 2.32. The van der Waals surface area contributed by atoms with Crippen molar-refractivity contribution in [1.29, 1.82) is 0 Å². The van der Waals surface area contributed by atoms with E-state index in [4.69, 9.17) is 9.47 Å². The molecule has 1 atom stereocenters. The number of ether oxygens (including phenoxy) is 2. The molecule has 0 bridgehead atoms. The van der Waals surface area contributed by atoms with Crippen LogP contribution in [-0.2, 0) is 16.0 Å². The van der Waals surface area contributed by atoms with Crippen molar-refractivity contribution in [3.8, 4) is 0 Å². The number of nitrogens with one attached hydrogen (secondary N) is 1. The molecule has 1 N–H and O–H groups in total. The van der Waals surface area contributed by atoms with Gasteiger partial charge in [0.25, 0.3) is 0 Å². The summed E-state index contributed by atoms with van der Waals surface area (Å²) in [5.41, 5.74) is 2.29.